The van der Waals surface area contributed by atoms with Crippen LogP contribution >= 0.6 is 11.8 Å². The molecule has 0 saturated carbocycles. The van der Waals surface area contributed by atoms with E-state index in [1.807, 2.05) is 12.1 Å². The minimum Gasteiger partial charge on any atom is -0.496 e. The van der Waals surface area contributed by atoms with Crippen molar-refractivity contribution in [3.63, 3.8) is 0 Å². The van der Waals surface area contributed by atoms with Gasteiger partial charge in [0.2, 0.25) is 0 Å². The van der Waals surface area contributed by atoms with Crippen LogP contribution in [0.5, 0.6) is 5.75 Å². The Balaban J connectivity index is 1.89. The standard InChI is InChI=1S/C13H19NOS/c1-10-7-12(9-16-10)14-8-11-5-3-4-6-13(11)15-2/h3-6,10,12,14H,7-9H2,1-2H3/t10-,12+/m0/s1. The van der Waals surface area contributed by atoms with Gasteiger partial charge in [-0.05, 0) is 12.5 Å². The molecular formula is C13H19NOS. The van der Waals surface area contributed by atoms with Gasteiger partial charge in [0, 0.05) is 29.2 Å². The van der Waals surface area contributed by atoms with Crippen molar-refractivity contribution in [3.05, 3.63) is 29.8 Å². The van der Waals surface area contributed by atoms with Crippen LogP contribution in [-0.2, 0) is 6.54 Å². The lowest BCUT2D eigenvalue weighted by atomic mass is 10.1. The van der Waals surface area contributed by atoms with Crippen LogP contribution in [0.2, 0.25) is 0 Å². The van der Waals surface area contributed by atoms with Crippen molar-refractivity contribution in [3.8, 4) is 5.75 Å². The second kappa shape index (κ2) is 5.60. The van der Waals surface area contributed by atoms with Crippen molar-refractivity contribution in [2.75, 3.05) is 12.9 Å². The molecule has 1 N–H and O–H groups in total. The smallest absolute Gasteiger partial charge is 0.123 e. The molecule has 0 spiro atoms. The molecule has 0 aromatic heterocycles. The fourth-order valence-corrected chi connectivity index (χ4v) is 3.25. The van der Waals surface area contributed by atoms with E-state index in [0.717, 1.165) is 17.5 Å². The highest BCUT2D eigenvalue weighted by atomic mass is 32.2. The van der Waals surface area contributed by atoms with Crippen LogP contribution in [0.4, 0.5) is 0 Å². The largest absolute Gasteiger partial charge is 0.496 e. The molecule has 3 heteroatoms. The molecule has 1 saturated heterocycles. The molecule has 0 aliphatic carbocycles. The Morgan fingerprint density at radius 2 is 2.25 bits per heavy atom. The number of benzene rings is 1. The third-order valence-corrected chi connectivity index (χ3v) is 4.33. The number of hydrogen-bond donors (Lipinski definition) is 1. The van der Waals surface area contributed by atoms with E-state index in [0.29, 0.717) is 6.04 Å². The first-order valence-electron chi connectivity index (χ1n) is 5.76. The normalized spacial score (nSPS) is 24.6. The van der Waals surface area contributed by atoms with E-state index in [1.165, 1.54) is 17.7 Å². The van der Waals surface area contributed by atoms with Gasteiger partial charge in [0.1, 0.15) is 5.75 Å². The van der Waals surface area contributed by atoms with E-state index in [-0.39, 0.29) is 0 Å². The molecule has 1 heterocycles. The molecule has 88 valence electrons. The van der Waals surface area contributed by atoms with E-state index in [4.69, 9.17) is 4.74 Å². The number of nitrogens with one attached hydrogen (secondary N) is 1. The summed E-state index contributed by atoms with van der Waals surface area (Å²) in [6.07, 6.45) is 1.28. The summed E-state index contributed by atoms with van der Waals surface area (Å²) in [7, 11) is 1.73. The monoisotopic (exact) mass is 237 g/mol. The van der Waals surface area contributed by atoms with Gasteiger partial charge in [-0.2, -0.15) is 11.8 Å². The maximum absolute atomic E-state index is 5.34. The Hall–Kier alpha value is -0.670. The molecule has 0 amide bonds. The van der Waals surface area contributed by atoms with Crippen LogP contribution in [0.3, 0.4) is 0 Å². The van der Waals surface area contributed by atoms with E-state index in [9.17, 15) is 0 Å². The summed E-state index contributed by atoms with van der Waals surface area (Å²) in [5.74, 6) is 2.21. The number of methoxy groups -OCH3 is 1. The average molecular weight is 237 g/mol. The molecule has 1 aliphatic heterocycles. The van der Waals surface area contributed by atoms with Gasteiger partial charge in [-0.3, -0.25) is 0 Å². The van der Waals surface area contributed by atoms with Crippen LogP contribution in [0.1, 0.15) is 18.9 Å². The van der Waals surface area contributed by atoms with Gasteiger partial charge in [0.15, 0.2) is 0 Å². The molecule has 2 nitrogen and oxygen atoms in total. The zero-order valence-electron chi connectivity index (χ0n) is 9.90. The van der Waals surface area contributed by atoms with Crippen LogP contribution in [-0.4, -0.2) is 24.2 Å². The Labute approximate surface area is 102 Å². The quantitative estimate of drug-likeness (QED) is 0.870. The Kier molecular flexibility index (Phi) is 4.13. The highest BCUT2D eigenvalue weighted by molar-refractivity contribution is 8.00. The summed E-state index contributed by atoms with van der Waals surface area (Å²) >= 11 is 2.06. The lowest BCUT2D eigenvalue weighted by molar-refractivity contribution is 0.405. The summed E-state index contributed by atoms with van der Waals surface area (Å²) in [5, 5.41) is 4.40. The second-order valence-electron chi connectivity index (χ2n) is 4.27. The van der Waals surface area contributed by atoms with Gasteiger partial charge in [-0.25, -0.2) is 0 Å². The lowest BCUT2D eigenvalue weighted by Gasteiger charge is -2.13. The number of para-hydroxylation sites is 1. The first-order valence-corrected chi connectivity index (χ1v) is 6.81. The maximum atomic E-state index is 5.34. The Morgan fingerprint density at radius 1 is 1.44 bits per heavy atom. The van der Waals surface area contributed by atoms with Crippen molar-refractivity contribution in [2.45, 2.75) is 31.2 Å². The highest BCUT2D eigenvalue weighted by Crippen LogP contribution is 2.26. The summed E-state index contributed by atoms with van der Waals surface area (Å²) in [6, 6.07) is 8.87. The Bertz CT molecular complexity index is 342. The fourth-order valence-electron chi connectivity index (χ4n) is 2.06. The van der Waals surface area contributed by atoms with Gasteiger partial charge in [0.25, 0.3) is 0 Å². The van der Waals surface area contributed by atoms with E-state index >= 15 is 0 Å². The van der Waals surface area contributed by atoms with E-state index in [2.05, 4.69) is 36.1 Å². The fraction of sp³-hybridized carbons (Fsp3) is 0.538. The van der Waals surface area contributed by atoms with Gasteiger partial charge in [-0.15, -0.1) is 0 Å². The van der Waals surface area contributed by atoms with Gasteiger partial charge >= 0.3 is 0 Å². The van der Waals surface area contributed by atoms with Crippen LogP contribution in [0.25, 0.3) is 0 Å². The molecule has 2 atom stereocenters. The van der Waals surface area contributed by atoms with Crippen molar-refractivity contribution >= 4 is 11.8 Å². The molecule has 1 aromatic rings. The van der Waals surface area contributed by atoms with Crippen molar-refractivity contribution in [1.29, 1.82) is 0 Å². The number of thioether (sulfide) groups is 1. The molecule has 0 unspecified atom stereocenters. The number of ether oxygens (including phenoxy) is 1. The van der Waals surface area contributed by atoms with Crippen molar-refractivity contribution < 1.29 is 4.74 Å². The predicted molar refractivity (Wildman–Crippen MR) is 70.2 cm³/mol. The molecule has 1 aromatic carbocycles. The first-order chi connectivity index (χ1) is 7.79. The first kappa shape index (κ1) is 11.8. The Morgan fingerprint density at radius 3 is 2.94 bits per heavy atom. The third kappa shape index (κ3) is 2.92. The molecule has 16 heavy (non-hydrogen) atoms. The van der Waals surface area contributed by atoms with Gasteiger partial charge in [-0.1, -0.05) is 25.1 Å². The average Bonchev–Trinajstić information content (AvgIpc) is 2.73. The van der Waals surface area contributed by atoms with Crippen molar-refractivity contribution in [1.82, 2.24) is 5.32 Å². The predicted octanol–water partition coefficient (Wildman–Crippen LogP) is 2.68. The van der Waals surface area contributed by atoms with Crippen LogP contribution < -0.4 is 10.1 Å². The minimum absolute atomic E-state index is 0.657. The summed E-state index contributed by atoms with van der Waals surface area (Å²) in [6.45, 7) is 3.21. The van der Waals surface area contributed by atoms with E-state index < -0.39 is 0 Å². The summed E-state index contributed by atoms with van der Waals surface area (Å²) < 4.78 is 5.34. The number of rotatable bonds is 4. The molecule has 1 aliphatic rings. The summed E-state index contributed by atoms with van der Waals surface area (Å²) in [4.78, 5) is 0. The lowest BCUT2D eigenvalue weighted by Crippen LogP contribution is -2.28. The van der Waals surface area contributed by atoms with Crippen LogP contribution in [0, 0.1) is 0 Å². The zero-order valence-corrected chi connectivity index (χ0v) is 10.7. The molecule has 0 bridgehead atoms. The number of hydrogen-bond acceptors (Lipinski definition) is 3. The topological polar surface area (TPSA) is 21.3 Å². The third-order valence-electron chi connectivity index (χ3n) is 2.97. The molecular weight excluding hydrogens is 218 g/mol. The van der Waals surface area contributed by atoms with Crippen LogP contribution in [0.15, 0.2) is 24.3 Å². The van der Waals surface area contributed by atoms with Gasteiger partial charge in [0.05, 0.1) is 7.11 Å². The zero-order chi connectivity index (χ0) is 11.4. The van der Waals surface area contributed by atoms with Gasteiger partial charge < -0.3 is 10.1 Å². The summed E-state index contributed by atoms with van der Waals surface area (Å²) in [5.41, 5.74) is 1.24. The second-order valence-corrected chi connectivity index (χ2v) is 5.74. The SMILES string of the molecule is COc1ccccc1CN[C@H]1CS[C@@H](C)C1. The van der Waals surface area contributed by atoms with Crippen molar-refractivity contribution in [2.24, 2.45) is 0 Å². The van der Waals surface area contributed by atoms with E-state index in [1.54, 1.807) is 7.11 Å². The maximum Gasteiger partial charge on any atom is 0.123 e. The molecule has 0 radical (unpaired) electrons. The molecule has 2 rings (SSSR count). The highest BCUT2D eigenvalue weighted by Gasteiger charge is 2.21. The molecule has 1 fully saturated rings. The minimum atomic E-state index is 0.657.